The van der Waals surface area contributed by atoms with Gasteiger partial charge in [0.25, 0.3) is 5.91 Å². The maximum Gasteiger partial charge on any atom is 0.258 e. The summed E-state index contributed by atoms with van der Waals surface area (Å²) in [6.07, 6.45) is 1.88. The molecule has 1 amide bonds. The molecule has 1 atom stereocenters. The van der Waals surface area contributed by atoms with Gasteiger partial charge in [0.1, 0.15) is 11.5 Å². The highest BCUT2D eigenvalue weighted by atomic mass is 16.5. The monoisotopic (exact) mass is 953 g/mol. The largest absolute Gasteiger partial charge is 0.494 e. The summed E-state index contributed by atoms with van der Waals surface area (Å²) in [5.74, 6) is 1.99. The van der Waals surface area contributed by atoms with Crippen LogP contribution in [0.5, 0.6) is 11.5 Å². The Balaban J connectivity index is 0.000000194. The van der Waals surface area contributed by atoms with Crippen LogP contribution in [0.2, 0.25) is 0 Å². The molecule has 0 saturated carbocycles. The smallest absolute Gasteiger partial charge is 0.258 e. The van der Waals surface area contributed by atoms with Gasteiger partial charge in [-0.2, -0.15) is 0 Å². The van der Waals surface area contributed by atoms with E-state index >= 15 is 0 Å². The van der Waals surface area contributed by atoms with Crippen molar-refractivity contribution in [2.45, 2.75) is 60.3 Å². The van der Waals surface area contributed by atoms with Crippen molar-refractivity contribution in [2.24, 2.45) is 5.92 Å². The Labute approximate surface area is 421 Å². The van der Waals surface area contributed by atoms with Gasteiger partial charge in [-0.05, 0) is 150 Å². The minimum Gasteiger partial charge on any atom is -0.494 e. The highest BCUT2D eigenvalue weighted by Crippen LogP contribution is 2.36. The van der Waals surface area contributed by atoms with Crippen LogP contribution in [0, 0.1) is 5.92 Å². The third kappa shape index (κ3) is 11.3. The van der Waals surface area contributed by atoms with E-state index in [9.17, 15) is 24.0 Å². The summed E-state index contributed by atoms with van der Waals surface area (Å²) >= 11 is 0. The summed E-state index contributed by atoms with van der Waals surface area (Å²) in [4.78, 5) is 63.2. The number of anilines is 1. The molecule has 0 heterocycles. The second-order valence-electron chi connectivity index (χ2n) is 18.7. The molecule has 72 heavy (non-hydrogen) atoms. The highest BCUT2D eigenvalue weighted by molar-refractivity contribution is 6.16. The van der Waals surface area contributed by atoms with E-state index in [1.807, 2.05) is 152 Å². The quantitative estimate of drug-likeness (QED) is 0.0888. The number of nitrogens with zero attached hydrogens (tertiary/aromatic N) is 1. The number of ether oxygens (including phenoxy) is 2. The van der Waals surface area contributed by atoms with Crippen molar-refractivity contribution in [2.75, 3.05) is 25.2 Å². The lowest BCUT2D eigenvalue weighted by Crippen LogP contribution is -2.28. The second-order valence-corrected chi connectivity index (χ2v) is 18.7. The highest BCUT2D eigenvalue weighted by Gasteiger charge is 2.23. The number of hydrogen-bond donors (Lipinski definition) is 0. The van der Waals surface area contributed by atoms with E-state index in [2.05, 4.69) is 26.0 Å². The van der Waals surface area contributed by atoms with Crippen molar-refractivity contribution in [1.29, 1.82) is 0 Å². The van der Waals surface area contributed by atoms with Gasteiger partial charge in [0.05, 0.1) is 18.9 Å². The van der Waals surface area contributed by atoms with E-state index in [1.54, 1.807) is 38.8 Å². The van der Waals surface area contributed by atoms with Crippen LogP contribution in [0.15, 0.2) is 170 Å². The van der Waals surface area contributed by atoms with Crippen LogP contribution in [-0.2, 0) is 0 Å². The predicted octanol–water partition coefficient (Wildman–Crippen LogP) is 15.1. The molecule has 9 rings (SSSR count). The summed E-state index contributed by atoms with van der Waals surface area (Å²) in [7, 11) is 1.71. The zero-order valence-corrected chi connectivity index (χ0v) is 42.0. The Bertz CT molecular complexity index is 3420. The minimum absolute atomic E-state index is 0.0300. The van der Waals surface area contributed by atoms with Crippen molar-refractivity contribution >= 4 is 77.8 Å². The van der Waals surface area contributed by atoms with Crippen LogP contribution in [0.1, 0.15) is 123 Å². The molecule has 0 radical (unpaired) electrons. The number of benzene rings is 9. The maximum absolute atomic E-state index is 13.6. The Kier molecular flexibility index (Phi) is 15.5. The van der Waals surface area contributed by atoms with Crippen molar-refractivity contribution < 1.29 is 33.4 Å². The Morgan fingerprint density at radius 2 is 0.875 bits per heavy atom. The fraction of sp³-hybridized carbons (Fsp3) is 0.203. The maximum atomic E-state index is 13.6. The van der Waals surface area contributed by atoms with Gasteiger partial charge in [-0.1, -0.05) is 129 Å². The van der Waals surface area contributed by atoms with Crippen LogP contribution in [0.3, 0.4) is 0 Å². The number of amides is 1. The molecule has 8 nitrogen and oxygen atoms in total. The molecule has 0 fully saturated rings. The molecule has 0 spiro atoms. The number of carbonyl (C=O) groups is 5. The van der Waals surface area contributed by atoms with Gasteiger partial charge in [0, 0.05) is 46.2 Å². The molecule has 0 bridgehead atoms. The van der Waals surface area contributed by atoms with Crippen molar-refractivity contribution in [3.05, 3.63) is 209 Å². The van der Waals surface area contributed by atoms with E-state index < -0.39 is 0 Å². The Hall–Kier alpha value is -8.23. The lowest BCUT2D eigenvalue weighted by atomic mass is 9.84. The molecule has 9 aromatic carbocycles. The minimum atomic E-state index is -0.197. The first-order valence-electron chi connectivity index (χ1n) is 24.4. The summed E-state index contributed by atoms with van der Waals surface area (Å²) < 4.78 is 11.9. The zero-order valence-electron chi connectivity index (χ0n) is 42.0. The lowest BCUT2D eigenvalue weighted by molar-refractivity contribution is 0.0987. The molecule has 9 aromatic rings. The van der Waals surface area contributed by atoms with Gasteiger partial charge < -0.3 is 14.4 Å². The van der Waals surface area contributed by atoms with Crippen molar-refractivity contribution in [1.82, 2.24) is 0 Å². The van der Waals surface area contributed by atoms with Gasteiger partial charge in [0.15, 0.2) is 23.1 Å². The van der Waals surface area contributed by atoms with E-state index in [0.717, 1.165) is 89.7 Å². The standard InChI is InChI=1S/C34H29NO3.C30H30O4/c1-21(32-28(22(2)36)19-17-25-9-5-7-11-30(25)32)24-13-15-27(16-14-24)34(38)35(4)33-29(23(3)37)20-18-26-10-6-8-12-31(26)33;1-20(12-14-33-29-10-8-25-16-23(21(2)31)4-6-27(25)18-29)13-15-34-30-11-9-26-17-24(22(3)32)5-7-28(26)19-30/h5-21H,1-4H3;4-11,16-20H,12-15H2,1-3H3. The molecule has 0 aliphatic heterocycles. The SMILES string of the molecule is CC(=O)c1ccc2cc(OCCC(C)CCOc3ccc4cc(C(C)=O)ccc4c3)ccc2c1.CC(=O)c1ccc2ccccc2c1C(C)c1ccc(C(=O)N(C)c2c(C(C)=O)ccc3ccccc23)cc1. The first-order chi connectivity index (χ1) is 34.7. The molecular weight excluding hydrogens is 895 g/mol. The first kappa shape index (κ1) is 50.2. The van der Waals surface area contributed by atoms with E-state index in [4.69, 9.17) is 9.47 Å². The van der Waals surface area contributed by atoms with Gasteiger partial charge in [-0.3, -0.25) is 24.0 Å². The molecule has 0 N–H and O–H groups in total. The van der Waals surface area contributed by atoms with Gasteiger partial charge >= 0.3 is 0 Å². The predicted molar refractivity (Wildman–Crippen MR) is 292 cm³/mol. The molecule has 0 aromatic heterocycles. The number of carbonyl (C=O) groups excluding carboxylic acids is 5. The first-order valence-corrected chi connectivity index (χ1v) is 24.4. The summed E-state index contributed by atoms with van der Waals surface area (Å²) in [6.45, 7) is 11.9. The fourth-order valence-electron chi connectivity index (χ4n) is 9.31. The molecular formula is C64H59NO7. The lowest BCUT2D eigenvalue weighted by Gasteiger charge is -2.23. The zero-order chi connectivity index (χ0) is 51.1. The number of ketones is 4. The van der Waals surface area contributed by atoms with Crippen LogP contribution < -0.4 is 14.4 Å². The summed E-state index contributed by atoms with van der Waals surface area (Å²) in [5.41, 5.74) is 5.81. The number of Topliss-reactive ketones (excluding diaryl/α,β-unsaturated/α-hetero) is 4. The van der Waals surface area contributed by atoms with Crippen LogP contribution in [-0.4, -0.2) is 49.3 Å². The average molecular weight is 954 g/mol. The molecule has 0 aliphatic rings. The van der Waals surface area contributed by atoms with Crippen molar-refractivity contribution in [3.8, 4) is 11.5 Å². The normalized spacial score (nSPS) is 11.6. The molecule has 0 saturated heterocycles. The van der Waals surface area contributed by atoms with Crippen LogP contribution in [0.25, 0.3) is 43.1 Å². The van der Waals surface area contributed by atoms with E-state index in [1.165, 1.54) is 6.92 Å². The third-order valence-corrected chi connectivity index (χ3v) is 13.6. The van der Waals surface area contributed by atoms with Gasteiger partial charge in [-0.15, -0.1) is 0 Å². The topological polar surface area (TPSA) is 107 Å². The molecule has 1 unspecified atom stereocenters. The average Bonchev–Trinajstić information content (AvgIpc) is 3.39. The van der Waals surface area contributed by atoms with E-state index in [-0.39, 0.29) is 35.0 Å². The Morgan fingerprint density at radius 1 is 0.444 bits per heavy atom. The number of hydrogen-bond acceptors (Lipinski definition) is 7. The van der Waals surface area contributed by atoms with Crippen molar-refractivity contribution in [3.63, 3.8) is 0 Å². The fourth-order valence-corrected chi connectivity index (χ4v) is 9.31. The number of rotatable bonds is 16. The van der Waals surface area contributed by atoms with Crippen LogP contribution >= 0.6 is 0 Å². The van der Waals surface area contributed by atoms with E-state index in [0.29, 0.717) is 41.5 Å². The third-order valence-electron chi connectivity index (χ3n) is 13.6. The molecule has 362 valence electrons. The summed E-state index contributed by atoms with van der Waals surface area (Å²) in [6, 6.07) is 54.4. The van der Waals surface area contributed by atoms with Gasteiger partial charge in [0.2, 0.25) is 0 Å². The second kappa shape index (κ2) is 22.2. The van der Waals surface area contributed by atoms with Gasteiger partial charge in [-0.25, -0.2) is 0 Å². The Morgan fingerprint density at radius 3 is 1.39 bits per heavy atom. The van der Waals surface area contributed by atoms with Crippen LogP contribution in [0.4, 0.5) is 5.69 Å². The number of fused-ring (bicyclic) bond motifs is 4. The summed E-state index contributed by atoms with van der Waals surface area (Å²) in [5, 5.41) is 8.18. The molecule has 8 heteroatoms. The molecule has 0 aliphatic carbocycles.